The van der Waals surface area contributed by atoms with Gasteiger partial charge in [-0.2, -0.15) is 0 Å². The molecule has 0 aliphatic heterocycles. The average Bonchev–Trinajstić information content (AvgIpc) is 2.73. The molecule has 4 N–H and O–H groups in total. The third kappa shape index (κ3) is 1.98. The van der Waals surface area contributed by atoms with Crippen molar-refractivity contribution in [3.8, 4) is 0 Å². The number of hydrogen-bond acceptors (Lipinski definition) is 3. The zero-order chi connectivity index (χ0) is 16.6. The first-order chi connectivity index (χ1) is 10.8. The van der Waals surface area contributed by atoms with Gasteiger partial charge in [-0.1, -0.05) is 31.1 Å². The van der Waals surface area contributed by atoms with Crippen LogP contribution in [0, 0.1) is 16.7 Å². The molecule has 128 valence electrons. The first kappa shape index (κ1) is 15.8. The van der Waals surface area contributed by atoms with Crippen LogP contribution < -0.4 is 5.73 Å². The predicted molar refractivity (Wildman–Crippen MR) is 87.4 cm³/mol. The minimum Gasteiger partial charge on any atom is -0.389 e. The molecule has 1 fully saturated rings. The van der Waals surface area contributed by atoms with Crippen LogP contribution in [-0.2, 0) is 0 Å². The van der Waals surface area contributed by atoms with Crippen LogP contribution in [-0.4, -0.2) is 34.6 Å². The van der Waals surface area contributed by atoms with E-state index in [-0.39, 0.29) is 16.7 Å². The van der Waals surface area contributed by atoms with E-state index >= 15 is 0 Å². The Morgan fingerprint density at radius 2 is 2.00 bits per heavy atom. The molecule has 4 heteroatoms. The van der Waals surface area contributed by atoms with E-state index in [1.54, 1.807) is 0 Å². The highest BCUT2D eigenvalue weighted by molar-refractivity contribution is 5.45. The molecule has 23 heavy (non-hydrogen) atoms. The highest BCUT2D eigenvalue weighted by atomic mass is 19.1. The fraction of sp³-hybridized carbons (Fsp3) is 0.789. The van der Waals surface area contributed by atoms with Gasteiger partial charge in [0.2, 0.25) is 0 Å². The van der Waals surface area contributed by atoms with Crippen molar-refractivity contribution in [3.05, 3.63) is 22.8 Å². The topological polar surface area (TPSA) is 66.5 Å². The predicted octanol–water partition coefficient (Wildman–Crippen LogP) is 2.62. The Balaban J connectivity index is 1.83. The molecule has 0 aromatic carbocycles. The van der Waals surface area contributed by atoms with Crippen LogP contribution in [0.1, 0.15) is 52.4 Å². The molecule has 0 aromatic heterocycles. The smallest absolute Gasteiger partial charge is 0.116 e. The average molecular weight is 321 g/mol. The van der Waals surface area contributed by atoms with Crippen molar-refractivity contribution < 1.29 is 14.6 Å². The van der Waals surface area contributed by atoms with Crippen LogP contribution in [0.3, 0.4) is 0 Å². The number of halogens is 1. The minimum atomic E-state index is -0.970. The summed E-state index contributed by atoms with van der Waals surface area (Å²) >= 11 is 0. The molecule has 0 bridgehead atoms. The summed E-state index contributed by atoms with van der Waals surface area (Å²) in [6.07, 6.45) is 4.54. The van der Waals surface area contributed by atoms with E-state index in [9.17, 15) is 14.6 Å². The van der Waals surface area contributed by atoms with E-state index < -0.39 is 24.4 Å². The molecule has 0 heterocycles. The van der Waals surface area contributed by atoms with Crippen molar-refractivity contribution >= 4 is 0 Å². The zero-order valence-electron chi connectivity index (χ0n) is 14.1. The summed E-state index contributed by atoms with van der Waals surface area (Å²) in [5.41, 5.74) is 9.48. The summed E-state index contributed by atoms with van der Waals surface area (Å²) in [4.78, 5) is 0. The molecule has 0 radical (unpaired) electrons. The second-order valence-electron chi connectivity index (χ2n) is 8.62. The lowest BCUT2D eigenvalue weighted by Gasteiger charge is -2.52. The van der Waals surface area contributed by atoms with Crippen molar-refractivity contribution in [2.75, 3.05) is 0 Å². The Labute approximate surface area is 137 Å². The molecule has 0 spiro atoms. The van der Waals surface area contributed by atoms with Gasteiger partial charge in [0.05, 0.1) is 12.2 Å². The maximum Gasteiger partial charge on any atom is 0.116 e. The molecular formula is C19H28FNO2. The molecule has 7 atom stereocenters. The number of aliphatic hydroxyl groups is 2. The standard InChI is InChI=1S/C19H28FNO2/c1-18-5-3-11(22)7-10(18)8-15(23)16-12(18)4-6-19(2)13(16)9-14(20)17(19)21/h7,11,13-15,17,22-23H,3-6,8-9,21H2,1-2H3/t11?,13-,14?,15?,17?,18-,19-/m0/s1. The molecule has 4 rings (SSSR count). The fourth-order valence-electron chi connectivity index (χ4n) is 5.94. The van der Waals surface area contributed by atoms with Crippen LogP contribution in [0.5, 0.6) is 0 Å². The second-order valence-corrected chi connectivity index (χ2v) is 8.62. The van der Waals surface area contributed by atoms with Crippen LogP contribution in [0.2, 0.25) is 0 Å². The van der Waals surface area contributed by atoms with Crippen molar-refractivity contribution in [1.29, 1.82) is 0 Å². The number of aliphatic hydroxyl groups excluding tert-OH is 2. The normalized spacial score (nSPS) is 52.6. The summed E-state index contributed by atoms with van der Waals surface area (Å²) in [5.74, 6) is 0.0662. The van der Waals surface area contributed by atoms with E-state index in [0.717, 1.165) is 31.3 Å². The van der Waals surface area contributed by atoms with Crippen molar-refractivity contribution in [2.24, 2.45) is 22.5 Å². The highest BCUT2D eigenvalue weighted by Crippen LogP contribution is 2.62. The van der Waals surface area contributed by atoms with Gasteiger partial charge in [0.1, 0.15) is 6.17 Å². The number of hydrogen-bond donors (Lipinski definition) is 3. The van der Waals surface area contributed by atoms with E-state index in [1.165, 1.54) is 11.1 Å². The Bertz CT molecular complexity index is 600. The maximum atomic E-state index is 14.4. The zero-order valence-corrected chi connectivity index (χ0v) is 14.1. The Hall–Kier alpha value is -0.710. The SMILES string of the molecule is C[C@]12CCC(O)C=C1CC(O)C1=C2CC[C@]2(C)C(N)C(F)C[C@@H]12. The van der Waals surface area contributed by atoms with Crippen LogP contribution >= 0.6 is 0 Å². The third-order valence-corrected chi connectivity index (χ3v) is 7.53. The van der Waals surface area contributed by atoms with Crippen molar-refractivity contribution in [1.82, 2.24) is 0 Å². The molecule has 4 aliphatic rings. The molecule has 0 amide bonds. The fourth-order valence-corrected chi connectivity index (χ4v) is 5.94. The number of fused-ring (bicyclic) bond motifs is 4. The second kappa shape index (κ2) is 4.90. The minimum absolute atomic E-state index is 0.0619. The summed E-state index contributed by atoms with van der Waals surface area (Å²) in [7, 11) is 0. The lowest BCUT2D eigenvalue weighted by Crippen LogP contribution is -2.48. The molecule has 4 aliphatic carbocycles. The van der Waals surface area contributed by atoms with E-state index in [0.29, 0.717) is 12.8 Å². The van der Waals surface area contributed by atoms with Gasteiger partial charge >= 0.3 is 0 Å². The van der Waals surface area contributed by atoms with Crippen molar-refractivity contribution in [2.45, 2.75) is 76.8 Å². The number of allylic oxidation sites excluding steroid dienone is 1. The van der Waals surface area contributed by atoms with Gasteiger partial charge in [0.15, 0.2) is 0 Å². The summed E-state index contributed by atoms with van der Waals surface area (Å²) in [6, 6.07) is -0.424. The number of nitrogens with two attached hydrogens (primary N) is 1. The van der Waals surface area contributed by atoms with Crippen LogP contribution in [0.4, 0.5) is 4.39 Å². The summed E-state index contributed by atoms with van der Waals surface area (Å²) in [6.45, 7) is 4.35. The van der Waals surface area contributed by atoms with E-state index in [1.807, 2.05) is 6.08 Å². The van der Waals surface area contributed by atoms with E-state index in [4.69, 9.17) is 5.73 Å². The first-order valence-corrected chi connectivity index (χ1v) is 8.98. The lowest BCUT2D eigenvalue weighted by atomic mass is 9.53. The van der Waals surface area contributed by atoms with Gasteiger partial charge < -0.3 is 15.9 Å². The molecule has 3 nitrogen and oxygen atoms in total. The highest BCUT2D eigenvalue weighted by Gasteiger charge is 2.58. The monoisotopic (exact) mass is 321 g/mol. The molecule has 0 aromatic rings. The molecule has 4 unspecified atom stereocenters. The van der Waals surface area contributed by atoms with E-state index in [2.05, 4.69) is 13.8 Å². The van der Waals surface area contributed by atoms with Crippen LogP contribution in [0.15, 0.2) is 22.8 Å². The van der Waals surface area contributed by atoms with Gasteiger partial charge in [0, 0.05) is 11.5 Å². The van der Waals surface area contributed by atoms with Crippen LogP contribution in [0.25, 0.3) is 0 Å². The molecule has 0 saturated heterocycles. The number of rotatable bonds is 0. The lowest BCUT2D eigenvalue weighted by molar-refractivity contribution is 0.0989. The Morgan fingerprint density at radius 3 is 2.74 bits per heavy atom. The quantitative estimate of drug-likeness (QED) is 0.601. The van der Waals surface area contributed by atoms with Gasteiger partial charge in [-0.3, -0.25) is 0 Å². The molecule has 1 saturated carbocycles. The Morgan fingerprint density at radius 1 is 1.26 bits per heavy atom. The summed E-state index contributed by atoms with van der Waals surface area (Å²) in [5, 5.41) is 20.8. The van der Waals surface area contributed by atoms with Gasteiger partial charge in [-0.25, -0.2) is 4.39 Å². The molecular weight excluding hydrogens is 293 g/mol. The third-order valence-electron chi connectivity index (χ3n) is 7.53. The summed E-state index contributed by atoms with van der Waals surface area (Å²) < 4.78 is 14.4. The van der Waals surface area contributed by atoms with Gasteiger partial charge in [-0.15, -0.1) is 0 Å². The van der Waals surface area contributed by atoms with Gasteiger partial charge in [0.25, 0.3) is 0 Å². The Kier molecular flexibility index (Phi) is 3.37. The number of alkyl halides is 1. The van der Waals surface area contributed by atoms with Gasteiger partial charge in [-0.05, 0) is 55.4 Å². The first-order valence-electron chi connectivity index (χ1n) is 8.98. The largest absolute Gasteiger partial charge is 0.389 e. The van der Waals surface area contributed by atoms with Crippen molar-refractivity contribution in [3.63, 3.8) is 0 Å². The maximum absolute atomic E-state index is 14.4.